The SMILES string of the molecule is CC(C)(C)C1CCN(CC#Cc2cc(C(F)(F)F)cc(C(F)(F)F)c2)CC1.Cl. The minimum atomic E-state index is -4.85. The molecule has 1 saturated heterocycles. The van der Waals surface area contributed by atoms with Crippen LogP contribution in [-0.4, -0.2) is 24.5 Å². The molecule has 0 radical (unpaired) electrons. The van der Waals surface area contributed by atoms with Gasteiger partial charge in [0, 0.05) is 5.56 Å². The summed E-state index contributed by atoms with van der Waals surface area (Å²) in [6.07, 6.45) is -7.70. The molecule has 1 aromatic carbocycles. The molecule has 0 atom stereocenters. The summed E-state index contributed by atoms with van der Waals surface area (Å²) in [5.41, 5.74) is -2.73. The molecule has 28 heavy (non-hydrogen) atoms. The minimum Gasteiger partial charge on any atom is -0.292 e. The third-order valence-electron chi connectivity index (χ3n) is 4.94. The van der Waals surface area contributed by atoms with Gasteiger partial charge in [0.25, 0.3) is 0 Å². The molecule has 0 spiro atoms. The van der Waals surface area contributed by atoms with Gasteiger partial charge in [-0.3, -0.25) is 4.90 Å². The van der Waals surface area contributed by atoms with E-state index in [1.165, 1.54) is 0 Å². The summed E-state index contributed by atoms with van der Waals surface area (Å²) >= 11 is 0. The summed E-state index contributed by atoms with van der Waals surface area (Å²) in [5, 5.41) is 0. The molecule has 158 valence electrons. The Kier molecular flexibility index (Phi) is 7.89. The van der Waals surface area contributed by atoms with Crippen LogP contribution in [0.3, 0.4) is 0 Å². The average molecular weight is 428 g/mol. The van der Waals surface area contributed by atoms with E-state index in [-0.39, 0.29) is 29.5 Å². The normalized spacial score (nSPS) is 16.9. The molecule has 0 unspecified atom stereocenters. The molecule has 0 bridgehead atoms. The van der Waals surface area contributed by atoms with Crippen LogP contribution < -0.4 is 0 Å². The first kappa shape index (κ1) is 24.6. The highest BCUT2D eigenvalue weighted by molar-refractivity contribution is 5.85. The van der Waals surface area contributed by atoms with E-state index >= 15 is 0 Å². The summed E-state index contributed by atoms with van der Waals surface area (Å²) in [6, 6.07) is 1.44. The van der Waals surface area contributed by atoms with Crippen molar-refractivity contribution in [3.8, 4) is 11.8 Å². The van der Waals surface area contributed by atoms with Crippen LogP contribution in [0.4, 0.5) is 26.3 Å². The summed E-state index contributed by atoms with van der Waals surface area (Å²) in [4.78, 5) is 2.08. The van der Waals surface area contributed by atoms with Crippen LogP contribution in [-0.2, 0) is 12.4 Å². The highest BCUT2D eigenvalue weighted by Gasteiger charge is 2.36. The van der Waals surface area contributed by atoms with Gasteiger partial charge in [0.05, 0.1) is 17.7 Å². The van der Waals surface area contributed by atoms with E-state index in [9.17, 15) is 26.3 Å². The molecule has 0 amide bonds. The van der Waals surface area contributed by atoms with Gasteiger partial charge in [0.15, 0.2) is 0 Å². The van der Waals surface area contributed by atoms with Gasteiger partial charge in [-0.05, 0) is 55.5 Å². The van der Waals surface area contributed by atoms with Crippen molar-refractivity contribution in [2.24, 2.45) is 11.3 Å². The molecule has 1 fully saturated rings. The van der Waals surface area contributed by atoms with E-state index in [1.54, 1.807) is 0 Å². The fourth-order valence-corrected chi connectivity index (χ4v) is 3.24. The third kappa shape index (κ3) is 6.89. The number of piperidine rings is 1. The van der Waals surface area contributed by atoms with Crippen LogP contribution in [0.25, 0.3) is 0 Å². The summed E-state index contributed by atoms with van der Waals surface area (Å²) in [7, 11) is 0. The summed E-state index contributed by atoms with van der Waals surface area (Å²) < 4.78 is 77.1. The Balaban J connectivity index is 0.00000392. The van der Waals surface area contributed by atoms with Gasteiger partial charge in [-0.2, -0.15) is 26.3 Å². The van der Waals surface area contributed by atoms with E-state index in [0.29, 0.717) is 24.6 Å². The molecule has 0 aromatic heterocycles. The van der Waals surface area contributed by atoms with Gasteiger partial charge in [-0.25, -0.2) is 0 Å². The molecule has 0 aliphatic carbocycles. The Morgan fingerprint density at radius 2 is 1.36 bits per heavy atom. The van der Waals surface area contributed by atoms with Crippen molar-refractivity contribution in [2.45, 2.75) is 46.0 Å². The summed E-state index contributed by atoms with van der Waals surface area (Å²) in [5.74, 6) is 5.79. The lowest BCUT2D eigenvalue weighted by molar-refractivity contribution is -0.143. The van der Waals surface area contributed by atoms with Gasteiger partial charge in [-0.1, -0.05) is 32.6 Å². The van der Waals surface area contributed by atoms with Crippen LogP contribution >= 0.6 is 12.4 Å². The van der Waals surface area contributed by atoms with E-state index in [1.807, 2.05) is 0 Å². The van der Waals surface area contributed by atoms with Crippen LogP contribution in [0.1, 0.15) is 50.3 Å². The number of halogens is 7. The van der Waals surface area contributed by atoms with Crippen molar-refractivity contribution in [1.29, 1.82) is 0 Å². The molecule has 1 heterocycles. The number of rotatable bonds is 1. The van der Waals surface area contributed by atoms with E-state index in [4.69, 9.17) is 0 Å². The Bertz CT molecular complexity index is 681. The zero-order valence-corrected chi connectivity index (χ0v) is 16.8. The molecule has 1 aliphatic heterocycles. The fourth-order valence-electron chi connectivity index (χ4n) is 3.24. The molecular formula is C20H24ClF6N. The molecule has 2 rings (SSSR count). The predicted octanol–water partition coefficient (Wildman–Crippen LogP) is 6.26. The number of nitrogens with zero attached hydrogens (tertiary/aromatic N) is 1. The third-order valence-corrected chi connectivity index (χ3v) is 4.94. The molecule has 1 nitrogen and oxygen atoms in total. The summed E-state index contributed by atoms with van der Waals surface area (Å²) in [6.45, 7) is 8.56. The molecule has 1 aromatic rings. The number of hydrogen-bond donors (Lipinski definition) is 0. The highest BCUT2D eigenvalue weighted by atomic mass is 35.5. The number of benzene rings is 1. The van der Waals surface area contributed by atoms with Crippen LogP contribution in [0.5, 0.6) is 0 Å². The minimum absolute atomic E-state index is 0. The largest absolute Gasteiger partial charge is 0.416 e. The fraction of sp³-hybridized carbons (Fsp3) is 0.600. The van der Waals surface area contributed by atoms with Crippen molar-refractivity contribution in [2.75, 3.05) is 19.6 Å². The zero-order valence-electron chi connectivity index (χ0n) is 16.0. The second kappa shape index (κ2) is 8.96. The second-order valence-corrected chi connectivity index (χ2v) is 8.01. The first-order chi connectivity index (χ1) is 12.3. The topological polar surface area (TPSA) is 3.24 Å². The average Bonchev–Trinajstić information content (AvgIpc) is 2.52. The monoisotopic (exact) mass is 427 g/mol. The highest BCUT2D eigenvalue weighted by Crippen LogP contribution is 2.36. The van der Waals surface area contributed by atoms with E-state index in [2.05, 4.69) is 37.5 Å². The first-order valence-electron chi connectivity index (χ1n) is 8.77. The number of hydrogen-bond acceptors (Lipinski definition) is 1. The predicted molar refractivity (Wildman–Crippen MR) is 99.2 cm³/mol. The van der Waals surface area contributed by atoms with Crippen LogP contribution in [0.2, 0.25) is 0 Å². The van der Waals surface area contributed by atoms with Crippen molar-refractivity contribution in [3.63, 3.8) is 0 Å². The van der Waals surface area contributed by atoms with Gasteiger partial charge in [0.1, 0.15) is 0 Å². The number of likely N-dealkylation sites (tertiary alicyclic amines) is 1. The Hall–Kier alpha value is -1.39. The Morgan fingerprint density at radius 3 is 1.75 bits per heavy atom. The molecule has 8 heteroatoms. The lowest BCUT2D eigenvalue weighted by Gasteiger charge is -2.38. The standard InChI is InChI=1S/C20H23F6N.ClH/c1-18(2,3)15-6-9-27(10-7-15)8-4-5-14-11-16(19(21,22)23)13-17(12-14)20(24,25)26;/h11-13,15H,6-10H2,1-3H3;1H. The van der Waals surface area contributed by atoms with Crippen LogP contribution in [0, 0.1) is 23.2 Å². The Morgan fingerprint density at radius 1 is 0.893 bits per heavy atom. The van der Waals surface area contributed by atoms with Crippen molar-refractivity contribution < 1.29 is 26.3 Å². The molecule has 0 saturated carbocycles. The molecule has 1 aliphatic rings. The second-order valence-electron chi connectivity index (χ2n) is 8.01. The van der Waals surface area contributed by atoms with Gasteiger partial charge in [-0.15, -0.1) is 12.4 Å². The molecule has 0 N–H and O–H groups in total. The maximum Gasteiger partial charge on any atom is 0.416 e. The van der Waals surface area contributed by atoms with Gasteiger partial charge in [0.2, 0.25) is 0 Å². The Labute approximate surface area is 167 Å². The van der Waals surface area contributed by atoms with Gasteiger partial charge >= 0.3 is 12.4 Å². The maximum atomic E-state index is 12.9. The van der Waals surface area contributed by atoms with Crippen molar-refractivity contribution in [3.05, 3.63) is 34.9 Å². The zero-order chi connectivity index (χ0) is 20.5. The van der Waals surface area contributed by atoms with E-state index < -0.39 is 23.5 Å². The molecular weight excluding hydrogens is 404 g/mol. The lowest BCUT2D eigenvalue weighted by Crippen LogP contribution is -2.38. The maximum absolute atomic E-state index is 12.9. The number of alkyl halides is 6. The van der Waals surface area contributed by atoms with Crippen molar-refractivity contribution in [1.82, 2.24) is 4.90 Å². The quantitative estimate of drug-likeness (QED) is 0.378. The van der Waals surface area contributed by atoms with Crippen molar-refractivity contribution >= 4 is 12.4 Å². The first-order valence-corrected chi connectivity index (χ1v) is 8.77. The van der Waals surface area contributed by atoms with Gasteiger partial charge < -0.3 is 0 Å². The smallest absolute Gasteiger partial charge is 0.292 e. The van der Waals surface area contributed by atoms with E-state index in [0.717, 1.165) is 25.9 Å². The lowest BCUT2D eigenvalue weighted by atomic mass is 9.75. The van der Waals surface area contributed by atoms with Crippen LogP contribution in [0.15, 0.2) is 18.2 Å².